The quantitative estimate of drug-likeness (QED) is 0.455. The number of thioether (sulfide) groups is 1. The molecule has 1 N–H and O–H groups in total. The van der Waals surface area contributed by atoms with Crippen molar-refractivity contribution in [2.24, 2.45) is 0 Å². The molecule has 0 saturated carbocycles. The number of benzene rings is 2. The zero-order valence-corrected chi connectivity index (χ0v) is 18.2. The number of ether oxygens (including phenoxy) is 1. The van der Waals surface area contributed by atoms with Crippen LogP contribution in [0.5, 0.6) is 0 Å². The van der Waals surface area contributed by atoms with Gasteiger partial charge in [0.25, 0.3) is 0 Å². The van der Waals surface area contributed by atoms with Crippen LogP contribution in [0.2, 0.25) is 5.02 Å². The fraction of sp³-hybridized carbons (Fsp3) is 0.318. The number of hydrogen-bond acceptors (Lipinski definition) is 6. The van der Waals surface area contributed by atoms with Gasteiger partial charge in [-0.25, -0.2) is 9.97 Å². The highest BCUT2D eigenvalue weighted by atomic mass is 35.5. The van der Waals surface area contributed by atoms with Gasteiger partial charge in [-0.1, -0.05) is 47.6 Å². The van der Waals surface area contributed by atoms with Crippen LogP contribution in [0.4, 0.5) is 5.69 Å². The summed E-state index contributed by atoms with van der Waals surface area (Å²) in [5.41, 5.74) is 1.57. The molecule has 6 nitrogen and oxygen atoms in total. The van der Waals surface area contributed by atoms with Crippen LogP contribution in [0.3, 0.4) is 0 Å². The average Bonchev–Trinajstić information content (AvgIpc) is 2.74. The summed E-state index contributed by atoms with van der Waals surface area (Å²) in [7, 11) is 0. The summed E-state index contributed by atoms with van der Waals surface area (Å²) < 4.78 is 5.43. The highest BCUT2D eigenvalue weighted by Gasteiger charge is 2.19. The molecule has 1 amide bonds. The third-order valence-electron chi connectivity index (χ3n) is 4.83. The first-order chi connectivity index (χ1) is 14.6. The monoisotopic (exact) mass is 442 g/mol. The van der Waals surface area contributed by atoms with E-state index in [0.717, 1.165) is 48.1 Å². The highest BCUT2D eigenvalue weighted by Crippen LogP contribution is 2.29. The van der Waals surface area contributed by atoms with Crippen LogP contribution in [0.1, 0.15) is 12.7 Å². The third kappa shape index (κ3) is 5.29. The lowest BCUT2D eigenvalue weighted by molar-refractivity contribution is -0.115. The van der Waals surface area contributed by atoms with E-state index >= 15 is 0 Å². The Morgan fingerprint density at radius 2 is 2.00 bits per heavy atom. The molecule has 8 heteroatoms. The minimum atomic E-state index is -0.335. The minimum absolute atomic E-state index is 0.0975. The number of rotatable bonds is 6. The smallest absolute Gasteiger partial charge is 0.237 e. The molecule has 0 spiro atoms. The normalized spacial score (nSPS) is 15.8. The van der Waals surface area contributed by atoms with E-state index in [2.05, 4.69) is 10.2 Å². The zero-order chi connectivity index (χ0) is 20.9. The molecule has 156 valence electrons. The van der Waals surface area contributed by atoms with Gasteiger partial charge >= 0.3 is 0 Å². The Hall–Kier alpha value is -2.19. The van der Waals surface area contributed by atoms with Crippen molar-refractivity contribution >= 4 is 45.9 Å². The van der Waals surface area contributed by atoms with Crippen molar-refractivity contribution in [2.45, 2.75) is 23.7 Å². The lowest BCUT2D eigenvalue weighted by Gasteiger charge is -2.26. The summed E-state index contributed by atoms with van der Waals surface area (Å²) in [6.07, 6.45) is 0. The van der Waals surface area contributed by atoms with Crippen molar-refractivity contribution in [1.29, 1.82) is 0 Å². The van der Waals surface area contributed by atoms with Gasteiger partial charge in [0.2, 0.25) is 5.91 Å². The summed E-state index contributed by atoms with van der Waals surface area (Å²) in [5.74, 6) is 0.667. The van der Waals surface area contributed by atoms with Crippen LogP contribution >= 0.6 is 23.4 Å². The maximum absolute atomic E-state index is 12.7. The zero-order valence-electron chi connectivity index (χ0n) is 16.7. The molecule has 0 radical (unpaired) electrons. The van der Waals surface area contributed by atoms with E-state index in [0.29, 0.717) is 17.3 Å². The van der Waals surface area contributed by atoms with Crippen LogP contribution in [-0.2, 0) is 16.1 Å². The van der Waals surface area contributed by atoms with Crippen molar-refractivity contribution < 1.29 is 9.53 Å². The number of para-hydroxylation sites is 1. The van der Waals surface area contributed by atoms with Gasteiger partial charge < -0.3 is 10.1 Å². The number of morpholine rings is 1. The summed E-state index contributed by atoms with van der Waals surface area (Å²) in [5, 5.41) is 4.94. The van der Waals surface area contributed by atoms with E-state index in [4.69, 9.17) is 26.3 Å². The molecule has 2 aromatic carbocycles. The summed E-state index contributed by atoms with van der Waals surface area (Å²) in [6.45, 7) is 5.76. The van der Waals surface area contributed by atoms with Crippen LogP contribution in [0.25, 0.3) is 10.9 Å². The number of aromatic nitrogens is 2. The number of nitrogens with one attached hydrogen (secondary N) is 1. The standard InChI is InChI=1S/C22H23ClN4O2S/c1-15(21(28)24-17-6-4-5-16(23)13-17)30-22-18-7-2-3-8-19(18)25-20(26-22)14-27-9-11-29-12-10-27/h2-8,13,15H,9-12,14H2,1H3,(H,24,28). The van der Waals surface area contributed by atoms with Crippen LogP contribution in [0.15, 0.2) is 53.6 Å². The fourth-order valence-corrected chi connectivity index (χ4v) is 4.39. The average molecular weight is 443 g/mol. The first-order valence-corrected chi connectivity index (χ1v) is 11.1. The maximum atomic E-state index is 12.7. The topological polar surface area (TPSA) is 67.3 Å². The Morgan fingerprint density at radius 3 is 2.80 bits per heavy atom. The molecule has 0 aliphatic carbocycles. The lowest BCUT2D eigenvalue weighted by Crippen LogP contribution is -2.36. The van der Waals surface area contributed by atoms with Crippen molar-refractivity contribution in [1.82, 2.24) is 14.9 Å². The fourth-order valence-electron chi connectivity index (χ4n) is 3.24. The van der Waals surface area contributed by atoms with E-state index in [1.54, 1.807) is 12.1 Å². The summed E-state index contributed by atoms with van der Waals surface area (Å²) in [4.78, 5) is 24.6. The highest BCUT2D eigenvalue weighted by molar-refractivity contribution is 8.00. The van der Waals surface area contributed by atoms with Crippen LogP contribution in [0, 0.1) is 0 Å². The molecule has 1 atom stereocenters. The minimum Gasteiger partial charge on any atom is -0.379 e. The first kappa shape index (κ1) is 21.1. The number of carbonyl (C=O) groups is 1. The molecule has 1 aromatic heterocycles. The molecule has 30 heavy (non-hydrogen) atoms. The van der Waals surface area contributed by atoms with E-state index < -0.39 is 0 Å². The molecular weight excluding hydrogens is 420 g/mol. The number of amides is 1. The summed E-state index contributed by atoms with van der Waals surface area (Å²) in [6, 6.07) is 15.1. The van der Waals surface area contributed by atoms with Gasteiger partial charge in [-0.05, 0) is 31.2 Å². The van der Waals surface area contributed by atoms with Gasteiger partial charge in [0.05, 0.1) is 30.5 Å². The molecule has 1 fully saturated rings. The Bertz CT molecular complexity index is 1040. The number of hydrogen-bond donors (Lipinski definition) is 1. The number of carbonyl (C=O) groups excluding carboxylic acids is 1. The van der Waals surface area contributed by atoms with Crippen LogP contribution in [-0.4, -0.2) is 52.3 Å². The Morgan fingerprint density at radius 1 is 1.20 bits per heavy atom. The predicted octanol–water partition coefficient (Wildman–Crippen LogP) is 4.23. The second-order valence-corrected chi connectivity index (χ2v) is 8.88. The second-order valence-electron chi connectivity index (χ2n) is 7.11. The van der Waals surface area contributed by atoms with Gasteiger partial charge in [-0.15, -0.1) is 0 Å². The maximum Gasteiger partial charge on any atom is 0.237 e. The number of nitrogens with zero attached hydrogens (tertiary/aromatic N) is 3. The van der Waals surface area contributed by atoms with Crippen molar-refractivity contribution in [3.63, 3.8) is 0 Å². The second kappa shape index (κ2) is 9.75. The molecule has 4 rings (SSSR count). The van der Waals surface area contributed by atoms with Crippen molar-refractivity contribution in [3.05, 3.63) is 59.4 Å². The van der Waals surface area contributed by atoms with E-state index in [9.17, 15) is 4.79 Å². The molecule has 3 aromatic rings. The molecule has 0 bridgehead atoms. The summed E-state index contributed by atoms with van der Waals surface area (Å²) >= 11 is 7.46. The van der Waals surface area contributed by atoms with Gasteiger partial charge in [-0.3, -0.25) is 9.69 Å². The molecule has 1 aliphatic rings. The Kier molecular flexibility index (Phi) is 6.84. The van der Waals surface area contributed by atoms with Crippen LogP contribution < -0.4 is 5.32 Å². The molecule has 2 heterocycles. The van der Waals surface area contributed by atoms with Crippen molar-refractivity contribution in [3.8, 4) is 0 Å². The van der Waals surface area contributed by atoms with E-state index in [1.807, 2.05) is 43.3 Å². The van der Waals surface area contributed by atoms with Gasteiger partial charge in [0.15, 0.2) is 0 Å². The third-order valence-corrected chi connectivity index (χ3v) is 6.17. The Balaban J connectivity index is 1.53. The van der Waals surface area contributed by atoms with Gasteiger partial charge in [-0.2, -0.15) is 0 Å². The number of fused-ring (bicyclic) bond motifs is 1. The number of anilines is 1. The van der Waals surface area contributed by atoms with E-state index in [-0.39, 0.29) is 11.2 Å². The van der Waals surface area contributed by atoms with Gasteiger partial charge in [0.1, 0.15) is 10.9 Å². The van der Waals surface area contributed by atoms with E-state index in [1.165, 1.54) is 11.8 Å². The number of halogens is 1. The molecule has 1 aliphatic heterocycles. The van der Waals surface area contributed by atoms with Gasteiger partial charge in [0, 0.05) is 29.2 Å². The largest absolute Gasteiger partial charge is 0.379 e. The SMILES string of the molecule is CC(Sc1nc(CN2CCOCC2)nc2ccccc12)C(=O)Nc1cccc(Cl)c1. The lowest BCUT2D eigenvalue weighted by atomic mass is 10.2. The predicted molar refractivity (Wildman–Crippen MR) is 121 cm³/mol. The molecule has 1 saturated heterocycles. The molecule has 1 unspecified atom stereocenters. The van der Waals surface area contributed by atoms with Crippen molar-refractivity contribution in [2.75, 3.05) is 31.6 Å². The first-order valence-electron chi connectivity index (χ1n) is 9.87. The Labute approximate surface area is 185 Å². The molecular formula is C22H23ClN4O2S.